The van der Waals surface area contributed by atoms with Crippen LogP contribution in [0.1, 0.15) is 50.5 Å². The molecule has 0 atom stereocenters. The van der Waals surface area contributed by atoms with Gasteiger partial charge in [-0.05, 0) is 42.9 Å². The van der Waals surface area contributed by atoms with Crippen LogP contribution in [0.4, 0.5) is 0 Å². The fourth-order valence-corrected chi connectivity index (χ4v) is 2.28. The third kappa shape index (κ3) is 2.09. The lowest BCUT2D eigenvalue weighted by atomic mass is 9.83. The van der Waals surface area contributed by atoms with E-state index >= 15 is 0 Å². The Hall–Kier alpha value is -0.560. The fourth-order valence-electron chi connectivity index (χ4n) is 2.13. The minimum Gasteiger partial charge on any atom is -0.244 e. The molecule has 0 aromatic carbocycles. The highest BCUT2D eigenvalue weighted by Gasteiger charge is 2.17. The first-order valence-electron chi connectivity index (χ1n) is 5.74. The molecule has 76 valence electrons. The van der Waals surface area contributed by atoms with Crippen molar-refractivity contribution in [3.05, 3.63) is 28.5 Å². The lowest BCUT2D eigenvalue weighted by Crippen LogP contribution is -2.06. The molecule has 1 fully saturated rings. The van der Waals surface area contributed by atoms with E-state index in [-0.39, 0.29) is 0 Å². The number of aryl methyl sites for hydroxylation is 1. The van der Waals surface area contributed by atoms with Gasteiger partial charge >= 0.3 is 0 Å². The third-order valence-corrected chi connectivity index (χ3v) is 3.11. The van der Waals surface area contributed by atoms with E-state index in [1.807, 2.05) is 13.0 Å². The first-order valence-corrected chi connectivity index (χ1v) is 5.62. The Bertz CT molecular complexity index is 359. The average Bonchev–Trinajstić information content (AvgIpc) is 2.23. The maximum absolute atomic E-state index is 8.51. The van der Waals surface area contributed by atoms with Gasteiger partial charge in [-0.15, -0.1) is 0 Å². The Labute approximate surface area is 91.9 Å². The van der Waals surface area contributed by atoms with Crippen LogP contribution in [0.3, 0.4) is 0 Å². The third-order valence-electron chi connectivity index (χ3n) is 2.91. The lowest BCUT2D eigenvalue weighted by molar-refractivity contribution is 0.442. The van der Waals surface area contributed by atoms with Gasteiger partial charge in [0.2, 0.25) is 0 Å². The number of hydrogen-bond acceptors (Lipinski definition) is 1. The summed E-state index contributed by atoms with van der Waals surface area (Å²) in [6.45, 7) is 2.02. The van der Waals surface area contributed by atoms with Crippen LogP contribution in [0.2, 0.25) is 5.15 Å². The van der Waals surface area contributed by atoms with E-state index in [2.05, 4.69) is 4.98 Å². The monoisotopic (exact) mass is 210 g/mol. The molecule has 1 aromatic rings. The molecule has 0 spiro atoms. The first kappa shape index (κ1) is 8.72. The van der Waals surface area contributed by atoms with Crippen LogP contribution >= 0.6 is 11.6 Å². The summed E-state index contributed by atoms with van der Waals surface area (Å²) < 4.78 is 8.51. The molecule has 1 aromatic heterocycles. The highest BCUT2D eigenvalue weighted by atomic mass is 35.5. The predicted molar refractivity (Wildman–Crippen MR) is 59.8 cm³/mol. The van der Waals surface area contributed by atoms with Gasteiger partial charge in [-0.1, -0.05) is 30.9 Å². The first-order chi connectivity index (χ1) is 7.12. The zero-order chi connectivity index (χ0) is 10.9. The van der Waals surface area contributed by atoms with Gasteiger partial charge in [-0.25, -0.2) is 4.98 Å². The molecule has 0 N–H and O–H groups in total. The van der Waals surface area contributed by atoms with Gasteiger partial charge in [0.05, 0.1) is 0 Å². The van der Waals surface area contributed by atoms with Gasteiger partial charge in [0, 0.05) is 7.57 Å². The Morgan fingerprint density at radius 1 is 1.43 bits per heavy atom. The molecule has 14 heavy (non-hydrogen) atoms. The number of rotatable bonds is 1. The van der Waals surface area contributed by atoms with Crippen molar-refractivity contribution in [1.29, 1.82) is 0 Å². The second kappa shape index (κ2) is 4.31. The average molecular weight is 211 g/mol. The summed E-state index contributed by atoms with van der Waals surface area (Å²) in [7, 11) is 0. The summed E-state index contributed by atoms with van der Waals surface area (Å²) in [6.07, 6.45) is 7.26. The van der Waals surface area contributed by atoms with Crippen LogP contribution in [-0.4, -0.2) is 4.98 Å². The largest absolute Gasteiger partial charge is 0.244 e. The molecular weight excluding hydrogens is 194 g/mol. The molecule has 1 aliphatic rings. The van der Waals surface area contributed by atoms with Gasteiger partial charge in [0.1, 0.15) is 5.15 Å². The van der Waals surface area contributed by atoms with Gasteiger partial charge in [-0.3, -0.25) is 0 Å². The molecule has 0 saturated heterocycles. The van der Waals surface area contributed by atoms with Gasteiger partial charge in [0.15, 0.2) is 0 Å². The standard InChI is InChI=1S/C12H16ClN/c1-9-8-14-12(13)7-11(9)10-5-3-2-4-6-10/h7-8,10H,2-6H2,1H3/i10D. The van der Waals surface area contributed by atoms with E-state index in [9.17, 15) is 0 Å². The number of nitrogens with zero attached hydrogens (tertiary/aromatic N) is 1. The van der Waals surface area contributed by atoms with Crippen molar-refractivity contribution >= 4 is 11.6 Å². The molecule has 0 aliphatic heterocycles. The van der Waals surface area contributed by atoms with E-state index in [0.717, 1.165) is 36.8 Å². The van der Waals surface area contributed by atoms with Gasteiger partial charge in [-0.2, -0.15) is 0 Å². The van der Waals surface area contributed by atoms with Crippen molar-refractivity contribution in [3.63, 3.8) is 0 Å². The van der Waals surface area contributed by atoms with Crippen molar-refractivity contribution in [1.82, 2.24) is 4.98 Å². The summed E-state index contributed by atoms with van der Waals surface area (Å²) >= 11 is 5.90. The summed E-state index contributed by atoms with van der Waals surface area (Å²) in [5.74, 6) is -0.422. The van der Waals surface area contributed by atoms with E-state index in [1.165, 1.54) is 6.42 Å². The summed E-state index contributed by atoms with van der Waals surface area (Å²) in [5, 5.41) is 0.507. The summed E-state index contributed by atoms with van der Waals surface area (Å²) in [6, 6.07) is 1.87. The summed E-state index contributed by atoms with van der Waals surface area (Å²) in [5.41, 5.74) is 2.17. The maximum atomic E-state index is 8.51. The molecule has 2 rings (SSSR count). The van der Waals surface area contributed by atoms with Crippen LogP contribution in [-0.2, 0) is 0 Å². The molecule has 0 amide bonds. The van der Waals surface area contributed by atoms with Crippen LogP contribution in [0.25, 0.3) is 0 Å². The molecule has 0 unspecified atom stereocenters. The Morgan fingerprint density at radius 3 is 2.86 bits per heavy atom. The smallest absolute Gasteiger partial charge is 0.129 e. The molecule has 0 bridgehead atoms. The zero-order valence-corrected chi connectivity index (χ0v) is 9.27. The second-order valence-electron chi connectivity index (χ2n) is 3.99. The molecule has 0 radical (unpaired) electrons. The Kier molecular flexibility index (Phi) is 2.68. The van der Waals surface area contributed by atoms with Crippen molar-refractivity contribution < 1.29 is 1.37 Å². The van der Waals surface area contributed by atoms with E-state index in [1.54, 1.807) is 6.20 Å². The number of aromatic nitrogens is 1. The quantitative estimate of drug-likeness (QED) is 0.637. The van der Waals surface area contributed by atoms with Crippen molar-refractivity contribution in [2.24, 2.45) is 0 Å². The zero-order valence-electron chi connectivity index (χ0n) is 9.52. The molecule has 2 heteroatoms. The Balaban J connectivity index is 2.38. The fraction of sp³-hybridized carbons (Fsp3) is 0.583. The number of halogens is 1. The molecule has 1 nitrogen and oxygen atoms in total. The maximum Gasteiger partial charge on any atom is 0.129 e. The van der Waals surface area contributed by atoms with Crippen molar-refractivity contribution in [3.8, 4) is 0 Å². The van der Waals surface area contributed by atoms with Crippen LogP contribution < -0.4 is 0 Å². The normalized spacial score (nSPS) is 21.7. The van der Waals surface area contributed by atoms with E-state index in [4.69, 9.17) is 13.0 Å². The number of pyridine rings is 1. The lowest BCUT2D eigenvalue weighted by Gasteiger charge is -2.23. The number of hydrogen-bond donors (Lipinski definition) is 0. The van der Waals surface area contributed by atoms with Gasteiger partial charge < -0.3 is 0 Å². The molecular formula is C12H16ClN. The highest BCUT2D eigenvalue weighted by Crippen LogP contribution is 2.34. The SMILES string of the molecule is [2H]C1(c2cc(Cl)ncc2C)CCCCC1. The molecule has 1 aliphatic carbocycles. The second-order valence-corrected chi connectivity index (χ2v) is 4.37. The van der Waals surface area contributed by atoms with Crippen molar-refractivity contribution in [2.45, 2.75) is 44.9 Å². The molecule has 1 heterocycles. The van der Waals surface area contributed by atoms with Crippen LogP contribution in [0.15, 0.2) is 12.3 Å². The van der Waals surface area contributed by atoms with Gasteiger partial charge in [0.25, 0.3) is 0 Å². The van der Waals surface area contributed by atoms with Crippen LogP contribution in [0.5, 0.6) is 0 Å². The minimum absolute atomic E-state index is 0.422. The minimum atomic E-state index is -0.422. The Morgan fingerprint density at radius 2 is 2.14 bits per heavy atom. The topological polar surface area (TPSA) is 12.9 Å². The van der Waals surface area contributed by atoms with E-state index < -0.39 is 5.89 Å². The van der Waals surface area contributed by atoms with E-state index in [0.29, 0.717) is 5.15 Å². The van der Waals surface area contributed by atoms with Crippen molar-refractivity contribution in [2.75, 3.05) is 0 Å². The van der Waals surface area contributed by atoms with Crippen LogP contribution in [0, 0.1) is 6.92 Å². The predicted octanol–water partition coefficient (Wildman–Crippen LogP) is 4.09. The highest BCUT2D eigenvalue weighted by molar-refractivity contribution is 6.29. The summed E-state index contributed by atoms with van der Waals surface area (Å²) in [4.78, 5) is 4.05. The molecule has 1 saturated carbocycles.